The monoisotopic (exact) mass is 443 g/mol. The number of amides is 2. The fourth-order valence-electron chi connectivity index (χ4n) is 2.71. The number of imide groups is 1. The fourth-order valence-corrected chi connectivity index (χ4v) is 3.53. The first-order chi connectivity index (χ1) is 14.8. The van der Waals surface area contributed by atoms with E-state index in [1.165, 1.54) is 13.2 Å². The smallest absolute Gasteiger partial charge is 0.337 e. The highest BCUT2D eigenvalue weighted by atomic mass is 32.2. The summed E-state index contributed by atoms with van der Waals surface area (Å²) in [6, 6.07) is 10.0. The maximum Gasteiger partial charge on any atom is 0.337 e. The predicted molar refractivity (Wildman–Crippen MR) is 114 cm³/mol. The standard InChI is InChI=1S/C22H21NO7S/c1-4-13(2)29-19(24)12-23-20(25)18(31-22(23)27)11-16-9-10-17(30-16)14-5-7-15(8-6-14)21(26)28-3/h5-11,13H,4,12H2,1-3H3/b18-11+/t13-/m1/s1. The number of benzene rings is 1. The van der Waals surface area contributed by atoms with Crippen molar-refractivity contribution in [2.75, 3.05) is 13.7 Å². The summed E-state index contributed by atoms with van der Waals surface area (Å²) in [6.07, 6.45) is 1.81. The third-order valence-electron chi connectivity index (χ3n) is 4.56. The molecule has 0 N–H and O–H groups in total. The van der Waals surface area contributed by atoms with Gasteiger partial charge >= 0.3 is 11.9 Å². The molecule has 1 aromatic heterocycles. The normalized spacial score (nSPS) is 16.0. The number of carbonyl (C=O) groups is 4. The van der Waals surface area contributed by atoms with E-state index < -0.39 is 29.6 Å². The molecule has 2 amide bonds. The number of hydrogen-bond acceptors (Lipinski definition) is 8. The van der Waals surface area contributed by atoms with Crippen molar-refractivity contribution in [2.45, 2.75) is 26.4 Å². The van der Waals surface area contributed by atoms with Crippen LogP contribution in [0.3, 0.4) is 0 Å². The van der Waals surface area contributed by atoms with Crippen LogP contribution in [-0.4, -0.2) is 47.7 Å². The minimum atomic E-state index is -0.631. The van der Waals surface area contributed by atoms with E-state index in [-0.39, 0.29) is 11.0 Å². The average Bonchev–Trinajstić information content (AvgIpc) is 3.33. The minimum Gasteiger partial charge on any atom is -0.465 e. The molecule has 0 saturated carbocycles. The summed E-state index contributed by atoms with van der Waals surface area (Å²) in [6.45, 7) is 3.18. The van der Waals surface area contributed by atoms with Crippen LogP contribution in [0.4, 0.5) is 4.79 Å². The van der Waals surface area contributed by atoms with Crippen LogP contribution in [0.1, 0.15) is 36.4 Å². The maximum atomic E-state index is 12.5. The molecule has 162 valence electrons. The van der Waals surface area contributed by atoms with Gasteiger partial charge in [-0.1, -0.05) is 19.1 Å². The second kappa shape index (κ2) is 9.65. The number of carbonyl (C=O) groups excluding carboxylic acids is 4. The van der Waals surface area contributed by atoms with Crippen LogP contribution in [0, 0.1) is 0 Å². The van der Waals surface area contributed by atoms with E-state index in [2.05, 4.69) is 4.74 Å². The highest BCUT2D eigenvalue weighted by Gasteiger charge is 2.37. The SMILES string of the molecule is CC[C@@H](C)OC(=O)CN1C(=O)S/C(=C/c2ccc(-c3ccc(C(=O)OC)cc3)o2)C1=O. The summed E-state index contributed by atoms with van der Waals surface area (Å²) in [5.74, 6) is -0.737. The first kappa shape index (κ1) is 22.4. The molecule has 0 spiro atoms. The van der Waals surface area contributed by atoms with Gasteiger partial charge in [0.05, 0.1) is 23.7 Å². The van der Waals surface area contributed by atoms with Crippen molar-refractivity contribution in [3.05, 3.63) is 52.6 Å². The first-order valence-corrected chi connectivity index (χ1v) is 10.4. The van der Waals surface area contributed by atoms with E-state index in [1.54, 1.807) is 43.3 Å². The number of methoxy groups -OCH3 is 1. The summed E-state index contributed by atoms with van der Waals surface area (Å²) in [5, 5.41) is -0.539. The molecule has 8 nitrogen and oxygen atoms in total. The van der Waals surface area contributed by atoms with E-state index in [4.69, 9.17) is 9.15 Å². The Kier molecular flexibility index (Phi) is 6.96. The molecule has 2 aromatic rings. The molecule has 3 rings (SSSR count). The number of hydrogen-bond donors (Lipinski definition) is 0. The van der Waals surface area contributed by atoms with Gasteiger partial charge in [0.15, 0.2) is 0 Å². The van der Waals surface area contributed by atoms with Gasteiger partial charge in [-0.2, -0.15) is 0 Å². The minimum absolute atomic E-state index is 0.156. The Balaban J connectivity index is 1.71. The zero-order valence-corrected chi connectivity index (χ0v) is 18.1. The molecule has 0 aliphatic carbocycles. The van der Waals surface area contributed by atoms with Crippen molar-refractivity contribution in [3.8, 4) is 11.3 Å². The van der Waals surface area contributed by atoms with Crippen molar-refractivity contribution >= 4 is 40.9 Å². The van der Waals surface area contributed by atoms with Gasteiger partial charge in [-0.15, -0.1) is 0 Å². The number of rotatable bonds is 7. The van der Waals surface area contributed by atoms with Gasteiger partial charge in [0.2, 0.25) is 0 Å². The Morgan fingerprint density at radius 3 is 2.52 bits per heavy atom. The number of ether oxygens (including phenoxy) is 2. The zero-order valence-electron chi connectivity index (χ0n) is 17.2. The quantitative estimate of drug-likeness (QED) is 0.465. The van der Waals surface area contributed by atoms with Crippen molar-refractivity contribution in [3.63, 3.8) is 0 Å². The van der Waals surface area contributed by atoms with Crippen LogP contribution in [0.15, 0.2) is 45.7 Å². The lowest BCUT2D eigenvalue weighted by Gasteiger charge is -2.14. The van der Waals surface area contributed by atoms with E-state index in [0.717, 1.165) is 22.2 Å². The van der Waals surface area contributed by atoms with Gasteiger partial charge in [0.25, 0.3) is 11.1 Å². The van der Waals surface area contributed by atoms with Crippen LogP contribution in [0.2, 0.25) is 0 Å². The summed E-state index contributed by atoms with van der Waals surface area (Å²) < 4.78 is 15.6. The molecule has 0 radical (unpaired) electrons. The third kappa shape index (κ3) is 5.24. The van der Waals surface area contributed by atoms with Crippen LogP contribution >= 0.6 is 11.8 Å². The van der Waals surface area contributed by atoms with E-state index in [0.29, 0.717) is 23.5 Å². The number of thioether (sulfide) groups is 1. The number of esters is 2. The molecule has 1 saturated heterocycles. The van der Waals surface area contributed by atoms with Gasteiger partial charge < -0.3 is 13.9 Å². The summed E-state index contributed by atoms with van der Waals surface area (Å²) in [5.41, 5.74) is 1.15. The molecule has 1 aliphatic rings. The molecule has 0 unspecified atom stereocenters. The Hall–Kier alpha value is -3.33. The molecule has 0 bridgehead atoms. The molecule has 1 fully saturated rings. The molecule has 1 aliphatic heterocycles. The Bertz CT molecular complexity index is 1040. The molecule has 1 aromatic carbocycles. The van der Waals surface area contributed by atoms with Crippen molar-refractivity contribution in [1.82, 2.24) is 4.90 Å². The largest absolute Gasteiger partial charge is 0.465 e. The topological polar surface area (TPSA) is 103 Å². The average molecular weight is 443 g/mol. The predicted octanol–water partition coefficient (Wildman–Crippen LogP) is 4.11. The lowest BCUT2D eigenvalue weighted by Crippen LogP contribution is -2.35. The van der Waals surface area contributed by atoms with Gasteiger partial charge in [-0.3, -0.25) is 19.3 Å². The van der Waals surface area contributed by atoms with E-state index in [1.807, 2.05) is 6.92 Å². The van der Waals surface area contributed by atoms with Crippen LogP contribution < -0.4 is 0 Å². The molecular formula is C22H21NO7S. The van der Waals surface area contributed by atoms with Crippen LogP contribution in [0.25, 0.3) is 17.4 Å². The highest BCUT2D eigenvalue weighted by Crippen LogP contribution is 2.33. The summed E-state index contributed by atoms with van der Waals surface area (Å²) in [4.78, 5) is 49.2. The van der Waals surface area contributed by atoms with E-state index in [9.17, 15) is 19.2 Å². The van der Waals surface area contributed by atoms with Crippen LogP contribution in [0.5, 0.6) is 0 Å². The molecular weight excluding hydrogens is 422 g/mol. The van der Waals surface area contributed by atoms with Crippen molar-refractivity contribution in [1.29, 1.82) is 0 Å². The first-order valence-electron chi connectivity index (χ1n) is 9.55. The maximum absolute atomic E-state index is 12.5. The lowest BCUT2D eigenvalue weighted by molar-refractivity contribution is -0.150. The van der Waals surface area contributed by atoms with Crippen molar-refractivity contribution < 1.29 is 33.1 Å². The Morgan fingerprint density at radius 2 is 1.87 bits per heavy atom. The molecule has 1 atom stereocenters. The van der Waals surface area contributed by atoms with E-state index >= 15 is 0 Å². The summed E-state index contributed by atoms with van der Waals surface area (Å²) in [7, 11) is 1.31. The second-order valence-electron chi connectivity index (χ2n) is 6.75. The van der Waals surface area contributed by atoms with Gasteiger partial charge in [-0.05, 0) is 49.4 Å². The zero-order chi connectivity index (χ0) is 22.5. The van der Waals surface area contributed by atoms with Crippen LogP contribution in [-0.2, 0) is 19.1 Å². The second-order valence-corrected chi connectivity index (χ2v) is 7.74. The number of furan rings is 1. The van der Waals surface area contributed by atoms with Crippen molar-refractivity contribution in [2.24, 2.45) is 0 Å². The highest BCUT2D eigenvalue weighted by molar-refractivity contribution is 8.18. The third-order valence-corrected chi connectivity index (χ3v) is 5.47. The van der Waals surface area contributed by atoms with Gasteiger partial charge in [0, 0.05) is 11.6 Å². The fraction of sp³-hybridized carbons (Fsp3) is 0.273. The Labute approximate surface area is 183 Å². The number of nitrogens with zero attached hydrogens (tertiary/aromatic N) is 1. The van der Waals surface area contributed by atoms with Gasteiger partial charge in [-0.25, -0.2) is 4.79 Å². The molecule has 31 heavy (non-hydrogen) atoms. The Morgan fingerprint density at radius 1 is 1.16 bits per heavy atom. The van der Waals surface area contributed by atoms with Gasteiger partial charge in [0.1, 0.15) is 18.1 Å². The summed E-state index contributed by atoms with van der Waals surface area (Å²) >= 11 is 0.735. The molecule has 9 heteroatoms. The lowest BCUT2D eigenvalue weighted by atomic mass is 10.1. The molecule has 2 heterocycles.